The maximum atomic E-state index is 11.8. The Morgan fingerprint density at radius 3 is 2.39 bits per heavy atom. The van der Waals surface area contributed by atoms with Gasteiger partial charge in [-0.1, -0.05) is 36.4 Å². The molecule has 0 unspecified atom stereocenters. The van der Waals surface area contributed by atoms with Crippen molar-refractivity contribution in [1.29, 1.82) is 0 Å². The van der Waals surface area contributed by atoms with Gasteiger partial charge in [0.15, 0.2) is 0 Å². The van der Waals surface area contributed by atoms with Gasteiger partial charge < -0.3 is 14.7 Å². The first-order valence-corrected chi connectivity index (χ1v) is 7.21. The van der Waals surface area contributed by atoms with Crippen LogP contribution in [-0.2, 0) is 14.4 Å². The van der Waals surface area contributed by atoms with E-state index in [1.807, 2.05) is 30.3 Å². The van der Waals surface area contributed by atoms with Crippen LogP contribution in [0.4, 0.5) is 0 Å². The van der Waals surface area contributed by atoms with Crippen LogP contribution >= 0.6 is 0 Å². The number of hydrogen-bond acceptors (Lipinski definition) is 5. The number of ether oxygens (including phenoxy) is 1. The van der Waals surface area contributed by atoms with Gasteiger partial charge in [0.2, 0.25) is 5.76 Å². The zero-order chi connectivity index (χ0) is 16.8. The normalized spacial score (nSPS) is 11.6. The summed E-state index contributed by atoms with van der Waals surface area (Å²) in [6.45, 7) is 3.70. The number of phenolic OH excluding ortho intramolecular Hbond substituents is 1. The van der Waals surface area contributed by atoms with Crippen LogP contribution in [0.15, 0.2) is 54.3 Å². The average molecular weight is 313 g/mol. The summed E-state index contributed by atoms with van der Waals surface area (Å²) < 4.78 is 4.91. The van der Waals surface area contributed by atoms with Gasteiger partial charge in [0.1, 0.15) is 5.75 Å². The maximum Gasteiger partial charge on any atom is 0.376 e. The van der Waals surface area contributed by atoms with Crippen molar-refractivity contribution in [2.75, 3.05) is 6.61 Å². The molecule has 0 saturated heterocycles. The lowest BCUT2D eigenvalue weighted by Crippen LogP contribution is -2.15. The van der Waals surface area contributed by atoms with Crippen LogP contribution in [-0.4, -0.2) is 17.7 Å². The van der Waals surface area contributed by atoms with Gasteiger partial charge >= 0.3 is 5.97 Å². The zero-order valence-corrected chi connectivity index (χ0v) is 13.1. The van der Waals surface area contributed by atoms with Gasteiger partial charge in [0, 0.05) is 5.57 Å². The summed E-state index contributed by atoms with van der Waals surface area (Å²) in [5.41, 5.74) is 3.23. The lowest BCUT2D eigenvalue weighted by atomic mass is 10.0. The number of carbonyl (C=O) groups is 1. The second-order valence-corrected chi connectivity index (χ2v) is 4.92. The molecular formula is C18H19NO4. The van der Waals surface area contributed by atoms with E-state index in [1.54, 1.807) is 32.0 Å². The molecule has 0 atom stereocenters. The second kappa shape index (κ2) is 7.47. The number of benzene rings is 2. The fourth-order valence-electron chi connectivity index (χ4n) is 2.22. The van der Waals surface area contributed by atoms with Gasteiger partial charge in [-0.15, -0.1) is 0 Å². The molecule has 5 nitrogen and oxygen atoms in total. The highest BCUT2D eigenvalue weighted by Gasteiger charge is 2.17. The highest BCUT2D eigenvalue weighted by atomic mass is 16.6. The molecule has 0 radical (unpaired) electrons. The predicted octanol–water partition coefficient (Wildman–Crippen LogP) is 3.24. The second-order valence-electron chi connectivity index (χ2n) is 4.92. The van der Waals surface area contributed by atoms with Crippen molar-refractivity contribution in [2.45, 2.75) is 13.8 Å². The molecule has 0 saturated carbocycles. The molecule has 0 spiro atoms. The highest BCUT2D eigenvalue weighted by Crippen LogP contribution is 2.26. The third-order valence-electron chi connectivity index (χ3n) is 3.42. The molecule has 120 valence electrons. The quantitative estimate of drug-likeness (QED) is 0.383. The number of rotatable bonds is 5. The van der Waals surface area contributed by atoms with E-state index < -0.39 is 5.97 Å². The number of carbonyl (C=O) groups excluding carboxylic acids is 1. The molecule has 2 rings (SSSR count). The van der Waals surface area contributed by atoms with Crippen molar-refractivity contribution < 1.29 is 19.5 Å². The monoisotopic (exact) mass is 313 g/mol. The lowest BCUT2D eigenvalue weighted by Gasteiger charge is -2.10. The van der Waals surface area contributed by atoms with E-state index in [2.05, 4.69) is 4.84 Å². The van der Waals surface area contributed by atoms with E-state index in [1.165, 1.54) is 0 Å². The molecule has 2 aromatic carbocycles. The fraction of sp³-hybridized carbons (Fsp3) is 0.167. The minimum Gasteiger partial charge on any atom is -0.508 e. The minimum atomic E-state index is -0.593. The summed E-state index contributed by atoms with van der Waals surface area (Å²) in [6.07, 6.45) is 0. The highest BCUT2D eigenvalue weighted by molar-refractivity contribution is 5.95. The van der Waals surface area contributed by atoms with Crippen molar-refractivity contribution in [1.82, 2.24) is 0 Å². The standard InChI is InChI=1S/C18H19NO4/c1-3-22-18(21)17(23-19)12(2)13-7-9-14(10-8-13)15-5-4-6-16(20)11-15/h4-11,20H,3,19H2,1-2H3/b17-12+. The molecule has 0 aliphatic carbocycles. The largest absolute Gasteiger partial charge is 0.508 e. The van der Waals surface area contributed by atoms with Gasteiger partial charge in [-0.2, -0.15) is 5.90 Å². The third kappa shape index (κ3) is 3.90. The molecule has 0 heterocycles. The van der Waals surface area contributed by atoms with Crippen molar-refractivity contribution in [3.8, 4) is 16.9 Å². The van der Waals surface area contributed by atoms with Gasteiger partial charge in [-0.05, 0) is 42.7 Å². The first-order chi connectivity index (χ1) is 11.1. The summed E-state index contributed by atoms with van der Waals surface area (Å²) >= 11 is 0. The maximum absolute atomic E-state index is 11.8. The average Bonchev–Trinajstić information content (AvgIpc) is 2.56. The van der Waals surface area contributed by atoms with Gasteiger partial charge in [0.25, 0.3) is 0 Å². The van der Waals surface area contributed by atoms with Crippen LogP contribution in [0.25, 0.3) is 16.7 Å². The lowest BCUT2D eigenvalue weighted by molar-refractivity contribution is -0.142. The van der Waals surface area contributed by atoms with Gasteiger partial charge in [0.05, 0.1) is 6.61 Å². The van der Waals surface area contributed by atoms with Crippen molar-refractivity contribution in [2.24, 2.45) is 5.90 Å². The molecule has 0 aromatic heterocycles. The Bertz CT molecular complexity index is 720. The summed E-state index contributed by atoms with van der Waals surface area (Å²) in [7, 11) is 0. The van der Waals surface area contributed by atoms with Crippen LogP contribution in [0.5, 0.6) is 5.75 Å². The fourth-order valence-corrected chi connectivity index (χ4v) is 2.22. The molecule has 0 bridgehead atoms. The van der Waals surface area contributed by atoms with Crippen molar-refractivity contribution >= 4 is 11.5 Å². The Morgan fingerprint density at radius 1 is 1.13 bits per heavy atom. The van der Waals surface area contributed by atoms with E-state index in [4.69, 9.17) is 10.6 Å². The first kappa shape index (κ1) is 16.6. The van der Waals surface area contributed by atoms with E-state index in [0.29, 0.717) is 5.57 Å². The molecule has 23 heavy (non-hydrogen) atoms. The smallest absolute Gasteiger partial charge is 0.376 e. The summed E-state index contributed by atoms with van der Waals surface area (Å²) in [4.78, 5) is 16.5. The number of phenols is 1. The molecule has 2 aromatic rings. The molecule has 0 aliphatic rings. The molecule has 0 fully saturated rings. The Morgan fingerprint density at radius 2 is 1.83 bits per heavy atom. The summed E-state index contributed by atoms with van der Waals surface area (Å²) in [5.74, 6) is 4.80. The Hall–Kier alpha value is -2.79. The topological polar surface area (TPSA) is 81.8 Å². The number of aromatic hydroxyl groups is 1. The van der Waals surface area contributed by atoms with Crippen LogP contribution in [0.2, 0.25) is 0 Å². The summed E-state index contributed by atoms with van der Waals surface area (Å²) in [6, 6.07) is 14.5. The molecule has 3 N–H and O–H groups in total. The van der Waals surface area contributed by atoms with Crippen LogP contribution < -0.4 is 5.90 Å². The third-order valence-corrected chi connectivity index (χ3v) is 3.42. The Kier molecular flexibility index (Phi) is 5.38. The zero-order valence-electron chi connectivity index (χ0n) is 13.1. The number of hydrogen-bond donors (Lipinski definition) is 2. The van der Waals surface area contributed by atoms with Crippen LogP contribution in [0.3, 0.4) is 0 Å². The molecule has 0 aliphatic heterocycles. The van der Waals surface area contributed by atoms with Crippen molar-refractivity contribution in [3.63, 3.8) is 0 Å². The SMILES string of the molecule is CCOC(=O)/C(ON)=C(/C)c1ccc(-c2cccc(O)c2)cc1. The molecule has 0 amide bonds. The first-order valence-electron chi connectivity index (χ1n) is 7.21. The van der Waals surface area contributed by atoms with Gasteiger partial charge in [-0.3, -0.25) is 0 Å². The summed E-state index contributed by atoms with van der Waals surface area (Å²) in [5, 5.41) is 9.54. The van der Waals surface area contributed by atoms with E-state index >= 15 is 0 Å². The Labute approximate surface area is 134 Å². The van der Waals surface area contributed by atoms with E-state index in [9.17, 15) is 9.90 Å². The number of allylic oxidation sites excluding steroid dienone is 1. The molecule has 5 heteroatoms. The minimum absolute atomic E-state index is 0.0167. The number of nitrogens with two attached hydrogens (primary N) is 1. The van der Waals surface area contributed by atoms with Crippen molar-refractivity contribution in [3.05, 3.63) is 59.9 Å². The van der Waals surface area contributed by atoms with Crippen LogP contribution in [0, 0.1) is 0 Å². The Balaban J connectivity index is 2.33. The molecular weight excluding hydrogens is 294 g/mol. The van der Waals surface area contributed by atoms with Gasteiger partial charge in [-0.25, -0.2) is 4.79 Å². The van der Waals surface area contributed by atoms with E-state index in [-0.39, 0.29) is 18.1 Å². The number of esters is 1. The van der Waals surface area contributed by atoms with Crippen LogP contribution in [0.1, 0.15) is 19.4 Å². The van der Waals surface area contributed by atoms with E-state index in [0.717, 1.165) is 16.7 Å². The predicted molar refractivity (Wildman–Crippen MR) is 88.0 cm³/mol.